The number of amides is 1. The molecular weight excluding hydrogens is 350 g/mol. The van der Waals surface area contributed by atoms with Gasteiger partial charge in [0, 0.05) is 24.9 Å². The van der Waals surface area contributed by atoms with Crippen molar-refractivity contribution in [2.75, 3.05) is 0 Å². The van der Waals surface area contributed by atoms with Crippen molar-refractivity contribution in [1.29, 1.82) is 0 Å². The Balaban J connectivity index is 1.45. The first kappa shape index (κ1) is 18.8. The van der Waals surface area contributed by atoms with E-state index in [9.17, 15) is 9.90 Å². The van der Waals surface area contributed by atoms with Crippen LogP contribution in [0.1, 0.15) is 49.3 Å². The van der Waals surface area contributed by atoms with Gasteiger partial charge in [0.2, 0.25) is 0 Å². The third-order valence-electron chi connectivity index (χ3n) is 6.10. The number of nitrogens with zero attached hydrogens (tertiary/aromatic N) is 1. The van der Waals surface area contributed by atoms with E-state index in [0.717, 1.165) is 35.1 Å². The Morgan fingerprint density at radius 2 is 1.71 bits per heavy atom. The second-order valence-corrected chi connectivity index (χ2v) is 8.13. The van der Waals surface area contributed by atoms with E-state index in [2.05, 4.69) is 6.58 Å². The zero-order valence-electron chi connectivity index (χ0n) is 16.3. The molecule has 0 spiro atoms. The summed E-state index contributed by atoms with van der Waals surface area (Å²) in [5.41, 5.74) is 3.10. The normalized spacial score (nSPS) is 26.1. The van der Waals surface area contributed by atoms with E-state index < -0.39 is 5.60 Å². The molecule has 2 fully saturated rings. The topological polar surface area (TPSA) is 49.8 Å². The van der Waals surface area contributed by atoms with Crippen molar-refractivity contribution in [2.24, 2.45) is 0 Å². The van der Waals surface area contributed by atoms with Crippen LogP contribution in [0.25, 0.3) is 5.57 Å². The molecule has 1 N–H and O–H groups in total. The van der Waals surface area contributed by atoms with Gasteiger partial charge in [0.25, 0.3) is 0 Å². The van der Waals surface area contributed by atoms with E-state index >= 15 is 0 Å². The molecule has 2 aromatic carbocycles. The van der Waals surface area contributed by atoms with Gasteiger partial charge >= 0.3 is 6.09 Å². The molecule has 2 aliphatic heterocycles. The van der Waals surface area contributed by atoms with Gasteiger partial charge in [-0.1, -0.05) is 66.7 Å². The molecule has 4 rings (SSSR count). The third-order valence-corrected chi connectivity index (χ3v) is 6.10. The van der Waals surface area contributed by atoms with Gasteiger partial charge in [-0.3, -0.25) is 0 Å². The molecule has 0 aromatic heterocycles. The largest absolute Gasteiger partial charge is 0.445 e. The van der Waals surface area contributed by atoms with Gasteiger partial charge in [0.1, 0.15) is 6.61 Å². The van der Waals surface area contributed by atoms with Crippen LogP contribution in [-0.4, -0.2) is 28.2 Å². The third kappa shape index (κ3) is 3.57. The number of hydrogen-bond acceptors (Lipinski definition) is 3. The maximum absolute atomic E-state index is 12.7. The van der Waals surface area contributed by atoms with Gasteiger partial charge in [-0.15, -0.1) is 0 Å². The minimum atomic E-state index is -0.893. The summed E-state index contributed by atoms with van der Waals surface area (Å²) in [5.74, 6) is 0. The van der Waals surface area contributed by atoms with Crippen LogP contribution >= 0.6 is 0 Å². The SMILES string of the molecule is C=C(C)c1ccc(C2(O)CC3CCC(C2)N3C(=O)OCc2ccccc2)cc1. The molecule has 28 heavy (non-hydrogen) atoms. The van der Waals surface area contributed by atoms with Crippen LogP contribution in [0.2, 0.25) is 0 Å². The molecule has 4 heteroatoms. The summed E-state index contributed by atoms with van der Waals surface area (Å²) < 4.78 is 5.56. The molecule has 0 saturated carbocycles. The number of piperidine rings is 1. The van der Waals surface area contributed by atoms with Gasteiger partial charge in [0.05, 0.1) is 5.60 Å². The molecule has 2 bridgehead atoms. The quantitative estimate of drug-likeness (QED) is 0.827. The van der Waals surface area contributed by atoms with Crippen LogP contribution < -0.4 is 0 Å². The molecular formula is C24H27NO3. The monoisotopic (exact) mass is 377 g/mol. The molecule has 0 aliphatic carbocycles. The van der Waals surface area contributed by atoms with Gasteiger partial charge in [-0.05, 0) is 36.5 Å². The summed E-state index contributed by atoms with van der Waals surface area (Å²) in [6, 6.07) is 17.8. The lowest BCUT2D eigenvalue weighted by atomic mass is 9.80. The highest BCUT2D eigenvalue weighted by molar-refractivity contribution is 5.69. The Bertz CT molecular complexity index is 845. The Labute approximate surface area is 166 Å². The number of hydrogen-bond donors (Lipinski definition) is 1. The van der Waals surface area contributed by atoms with Gasteiger partial charge < -0.3 is 14.7 Å². The molecule has 4 nitrogen and oxygen atoms in total. The van der Waals surface area contributed by atoms with Crippen LogP contribution in [0.5, 0.6) is 0 Å². The Morgan fingerprint density at radius 3 is 2.29 bits per heavy atom. The number of carbonyl (C=O) groups excluding carboxylic acids is 1. The van der Waals surface area contributed by atoms with Crippen LogP contribution in [0.4, 0.5) is 4.79 Å². The summed E-state index contributed by atoms with van der Waals surface area (Å²) in [7, 11) is 0. The van der Waals surface area contributed by atoms with Crippen LogP contribution in [0.3, 0.4) is 0 Å². The number of benzene rings is 2. The van der Waals surface area contributed by atoms with E-state index in [1.54, 1.807) is 0 Å². The second-order valence-electron chi connectivity index (χ2n) is 8.13. The lowest BCUT2D eigenvalue weighted by molar-refractivity contribution is -0.0536. The lowest BCUT2D eigenvalue weighted by Crippen LogP contribution is -2.52. The number of rotatable bonds is 4. The average Bonchev–Trinajstić information content (AvgIpc) is 2.99. The standard InChI is InChI=1S/C24H27NO3/c1-17(2)19-8-10-20(11-9-19)24(27)14-21-12-13-22(15-24)25(21)23(26)28-16-18-6-4-3-5-7-18/h3-11,21-22,27H,1,12-16H2,2H3. The van der Waals surface area contributed by atoms with Gasteiger partial charge in [0.15, 0.2) is 0 Å². The van der Waals surface area contributed by atoms with Crippen molar-refractivity contribution in [3.8, 4) is 0 Å². The summed E-state index contributed by atoms with van der Waals surface area (Å²) in [6.45, 7) is 6.22. The zero-order valence-corrected chi connectivity index (χ0v) is 16.3. The number of fused-ring (bicyclic) bond motifs is 2. The van der Waals surface area contributed by atoms with E-state index in [-0.39, 0.29) is 24.8 Å². The Hall–Kier alpha value is -2.59. The Kier molecular flexibility index (Phi) is 4.98. The fourth-order valence-corrected chi connectivity index (χ4v) is 4.62. The maximum atomic E-state index is 12.7. The summed E-state index contributed by atoms with van der Waals surface area (Å²) in [5, 5.41) is 11.4. The number of ether oxygens (including phenoxy) is 1. The van der Waals surface area contributed by atoms with E-state index in [4.69, 9.17) is 4.74 Å². The second kappa shape index (κ2) is 7.44. The van der Waals surface area contributed by atoms with Crippen molar-refractivity contribution in [3.05, 3.63) is 77.9 Å². The molecule has 146 valence electrons. The first-order valence-electron chi connectivity index (χ1n) is 9.94. The number of allylic oxidation sites excluding steroid dienone is 1. The molecule has 0 radical (unpaired) electrons. The Morgan fingerprint density at radius 1 is 1.11 bits per heavy atom. The van der Waals surface area contributed by atoms with Crippen LogP contribution in [-0.2, 0) is 16.9 Å². The van der Waals surface area contributed by atoms with Crippen molar-refractivity contribution in [2.45, 2.75) is 56.9 Å². The van der Waals surface area contributed by atoms with Gasteiger partial charge in [-0.2, -0.15) is 0 Å². The van der Waals surface area contributed by atoms with Crippen molar-refractivity contribution in [3.63, 3.8) is 0 Å². The number of aliphatic hydroxyl groups is 1. The first-order valence-corrected chi connectivity index (χ1v) is 9.94. The molecule has 2 unspecified atom stereocenters. The molecule has 1 amide bonds. The van der Waals surface area contributed by atoms with Crippen LogP contribution in [0.15, 0.2) is 61.2 Å². The average molecular weight is 377 g/mol. The van der Waals surface area contributed by atoms with E-state index in [1.165, 1.54) is 0 Å². The highest BCUT2D eigenvalue weighted by Crippen LogP contribution is 2.46. The highest BCUT2D eigenvalue weighted by atomic mass is 16.6. The lowest BCUT2D eigenvalue weighted by Gasteiger charge is -2.43. The molecule has 2 aromatic rings. The molecule has 2 atom stereocenters. The predicted octanol–water partition coefficient (Wildman–Crippen LogP) is 4.87. The maximum Gasteiger partial charge on any atom is 0.410 e. The predicted molar refractivity (Wildman–Crippen MR) is 110 cm³/mol. The molecule has 2 saturated heterocycles. The summed E-state index contributed by atoms with van der Waals surface area (Å²) >= 11 is 0. The smallest absolute Gasteiger partial charge is 0.410 e. The number of carbonyl (C=O) groups is 1. The van der Waals surface area contributed by atoms with Crippen molar-refractivity contribution >= 4 is 11.7 Å². The highest BCUT2D eigenvalue weighted by Gasteiger charge is 2.50. The van der Waals surface area contributed by atoms with E-state index in [0.29, 0.717) is 12.8 Å². The van der Waals surface area contributed by atoms with Gasteiger partial charge in [-0.25, -0.2) is 4.79 Å². The first-order chi connectivity index (χ1) is 13.5. The summed E-state index contributed by atoms with van der Waals surface area (Å²) in [4.78, 5) is 14.6. The minimum absolute atomic E-state index is 0.0211. The molecule has 2 heterocycles. The molecule has 2 aliphatic rings. The van der Waals surface area contributed by atoms with Crippen molar-refractivity contribution in [1.82, 2.24) is 4.90 Å². The van der Waals surface area contributed by atoms with Crippen LogP contribution in [0, 0.1) is 0 Å². The summed E-state index contributed by atoms with van der Waals surface area (Å²) in [6.07, 6.45) is 2.66. The minimum Gasteiger partial charge on any atom is -0.445 e. The fraction of sp³-hybridized carbons (Fsp3) is 0.375. The van der Waals surface area contributed by atoms with E-state index in [1.807, 2.05) is 66.4 Å². The fourth-order valence-electron chi connectivity index (χ4n) is 4.62. The van der Waals surface area contributed by atoms with Crippen molar-refractivity contribution < 1.29 is 14.6 Å². The zero-order chi connectivity index (χ0) is 19.7.